The van der Waals surface area contributed by atoms with Crippen molar-refractivity contribution in [1.82, 2.24) is 5.43 Å². The lowest BCUT2D eigenvalue weighted by Crippen LogP contribution is -2.52. The first-order valence-corrected chi connectivity index (χ1v) is 7.16. The summed E-state index contributed by atoms with van der Waals surface area (Å²) in [6.07, 6.45) is 0.784. The maximum Gasteiger partial charge on any atom is 0.133 e. The van der Waals surface area contributed by atoms with Gasteiger partial charge in [-0.1, -0.05) is 6.07 Å². The van der Waals surface area contributed by atoms with Crippen molar-refractivity contribution in [2.45, 2.75) is 38.8 Å². The van der Waals surface area contributed by atoms with Gasteiger partial charge < -0.3 is 9.47 Å². The highest BCUT2D eigenvalue weighted by molar-refractivity contribution is 9.10. The SMILES string of the molecule is CCOC(C)(C)C(Cc1ccc(OC)c(Br)c1)NN. The normalized spacial score (nSPS) is 13.4. The van der Waals surface area contributed by atoms with Gasteiger partial charge in [0.2, 0.25) is 0 Å². The molecule has 1 atom stereocenters. The minimum absolute atomic E-state index is 0.0349. The highest BCUT2D eigenvalue weighted by Gasteiger charge is 2.29. The lowest BCUT2D eigenvalue weighted by molar-refractivity contribution is -0.0380. The molecule has 3 N–H and O–H groups in total. The van der Waals surface area contributed by atoms with E-state index in [9.17, 15) is 0 Å². The van der Waals surface area contributed by atoms with Crippen LogP contribution in [0.4, 0.5) is 0 Å². The second-order valence-electron chi connectivity index (χ2n) is 4.93. The quantitative estimate of drug-likeness (QED) is 0.596. The summed E-state index contributed by atoms with van der Waals surface area (Å²) < 4.78 is 11.9. The number of rotatable bonds is 7. The van der Waals surface area contributed by atoms with Crippen molar-refractivity contribution in [3.8, 4) is 5.75 Å². The number of halogens is 1. The molecule has 0 fully saturated rings. The van der Waals surface area contributed by atoms with Crippen molar-refractivity contribution in [3.05, 3.63) is 28.2 Å². The van der Waals surface area contributed by atoms with Crippen molar-refractivity contribution in [2.75, 3.05) is 13.7 Å². The number of methoxy groups -OCH3 is 1. The number of benzene rings is 1. The first-order valence-electron chi connectivity index (χ1n) is 6.37. The van der Waals surface area contributed by atoms with Crippen LogP contribution >= 0.6 is 15.9 Å². The van der Waals surface area contributed by atoms with Crippen LogP contribution in [0.5, 0.6) is 5.75 Å². The molecule has 0 amide bonds. The summed E-state index contributed by atoms with van der Waals surface area (Å²) >= 11 is 3.49. The monoisotopic (exact) mass is 330 g/mol. The van der Waals surface area contributed by atoms with Gasteiger partial charge >= 0.3 is 0 Å². The zero-order chi connectivity index (χ0) is 14.5. The summed E-state index contributed by atoms with van der Waals surface area (Å²) in [5.41, 5.74) is 3.70. The van der Waals surface area contributed by atoms with Gasteiger partial charge in [0.25, 0.3) is 0 Å². The van der Waals surface area contributed by atoms with E-state index < -0.39 is 0 Å². The summed E-state index contributed by atoms with van der Waals surface area (Å²) in [4.78, 5) is 0. The number of nitrogens with two attached hydrogens (primary N) is 1. The molecule has 0 saturated heterocycles. The Labute approximate surface area is 123 Å². The van der Waals surface area contributed by atoms with Crippen LogP contribution in [0.2, 0.25) is 0 Å². The van der Waals surface area contributed by atoms with Crippen LogP contribution in [-0.4, -0.2) is 25.4 Å². The van der Waals surface area contributed by atoms with Crippen LogP contribution in [0, 0.1) is 0 Å². The van der Waals surface area contributed by atoms with Gasteiger partial charge in [-0.15, -0.1) is 0 Å². The Hall–Kier alpha value is -0.620. The Balaban J connectivity index is 2.84. The van der Waals surface area contributed by atoms with E-state index >= 15 is 0 Å². The van der Waals surface area contributed by atoms with Gasteiger partial charge in [0.15, 0.2) is 0 Å². The molecule has 0 saturated carbocycles. The molecule has 0 spiro atoms. The predicted molar refractivity (Wildman–Crippen MR) is 81.2 cm³/mol. The third-order valence-electron chi connectivity index (χ3n) is 3.21. The summed E-state index contributed by atoms with van der Waals surface area (Å²) in [5.74, 6) is 6.49. The molecule has 1 aromatic rings. The highest BCUT2D eigenvalue weighted by atomic mass is 79.9. The van der Waals surface area contributed by atoms with Gasteiger partial charge in [0.05, 0.1) is 23.2 Å². The Kier molecular flexibility index (Phi) is 6.26. The molecule has 1 aromatic carbocycles. The predicted octanol–water partition coefficient (Wildman–Crippen LogP) is 2.65. The Morgan fingerprint density at radius 2 is 2.11 bits per heavy atom. The summed E-state index contributed by atoms with van der Waals surface area (Å²) in [6.45, 7) is 6.73. The summed E-state index contributed by atoms with van der Waals surface area (Å²) in [6, 6.07) is 6.06. The molecule has 0 bridgehead atoms. The van der Waals surface area contributed by atoms with E-state index in [2.05, 4.69) is 21.4 Å². The Bertz CT molecular complexity index is 410. The lowest BCUT2D eigenvalue weighted by Gasteiger charge is -2.33. The zero-order valence-electron chi connectivity index (χ0n) is 12.0. The molecule has 1 rings (SSSR count). The van der Waals surface area contributed by atoms with E-state index in [1.54, 1.807) is 7.11 Å². The van der Waals surface area contributed by atoms with E-state index in [0.717, 1.165) is 16.6 Å². The average molecular weight is 331 g/mol. The molecule has 0 aliphatic heterocycles. The van der Waals surface area contributed by atoms with Crippen molar-refractivity contribution >= 4 is 15.9 Å². The van der Waals surface area contributed by atoms with Crippen molar-refractivity contribution in [2.24, 2.45) is 5.84 Å². The van der Waals surface area contributed by atoms with Crippen molar-refractivity contribution in [1.29, 1.82) is 0 Å². The minimum atomic E-state index is -0.324. The lowest BCUT2D eigenvalue weighted by atomic mass is 9.92. The molecule has 0 aliphatic rings. The zero-order valence-corrected chi connectivity index (χ0v) is 13.6. The molecule has 5 heteroatoms. The molecule has 0 aromatic heterocycles. The van der Waals surface area contributed by atoms with Gasteiger partial charge in [0, 0.05) is 6.61 Å². The fourth-order valence-corrected chi connectivity index (χ4v) is 2.64. The number of hydrogen-bond donors (Lipinski definition) is 2. The van der Waals surface area contributed by atoms with E-state index in [4.69, 9.17) is 15.3 Å². The fourth-order valence-electron chi connectivity index (χ4n) is 2.05. The van der Waals surface area contributed by atoms with Crippen LogP contribution in [0.15, 0.2) is 22.7 Å². The van der Waals surface area contributed by atoms with Gasteiger partial charge in [-0.2, -0.15) is 0 Å². The molecule has 1 unspecified atom stereocenters. The molecule has 0 heterocycles. The Morgan fingerprint density at radius 1 is 1.42 bits per heavy atom. The second kappa shape index (κ2) is 7.24. The molecule has 0 aliphatic carbocycles. The van der Waals surface area contributed by atoms with E-state index in [1.807, 2.05) is 39.0 Å². The first-order chi connectivity index (χ1) is 8.94. The van der Waals surface area contributed by atoms with Crippen LogP contribution in [0.1, 0.15) is 26.3 Å². The second-order valence-corrected chi connectivity index (χ2v) is 5.78. The van der Waals surface area contributed by atoms with Gasteiger partial charge in [-0.05, 0) is 60.8 Å². The van der Waals surface area contributed by atoms with Gasteiger partial charge in [-0.3, -0.25) is 11.3 Å². The highest BCUT2D eigenvalue weighted by Crippen LogP contribution is 2.27. The van der Waals surface area contributed by atoms with E-state index in [1.165, 1.54) is 5.56 Å². The van der Waals surface area contributed by atoms with Crippen LogP contribution in [-0.2, 0) is 11.2 Å². The first kappa shape index (κ1) is 16.4. The van der Waals surface area contributed by atoms with Crippen LogP contribution in [0.25, 0.3) is 0 Å². The fraction of sp³-hybridized carbons (Fsp3) is 0.571. The molecule has 19 heavy (non-hydrogen) atoms. The number of nitrogens with one attached hydrogen (secondary N) is 1. The molecule has 4 nitrogen and oxygen atoms in total. The smallest absolute Gasteiger partial charge is 0.133 e. The van der Waals surface area contributed by atoms with Crippen LogP contribution in [0.3, 0.4) is 0 Å². The maximum absolute atomic E-state index is 5.75. The maximum atomic E-state index is 5.75. The van der Waals surface area contributed by atoms with Crippen LogP contribution < -0.4 is 16.0 Å². The van der Waals surface area contributed by atoms with Crippen molar-refractivity contribution < 1.29 is 9.47 Å². The van der Waals surface area contributed by atoms with E-state index in [-0.39, 0.29) is 11.6 Å². The Morgan fingerprint density at radius 3 is 2.58 bits per heavy atom. The number of hydrogen-bond acceptors (Lipinski definition) is 4. The minimum Gasteiger partial charge on any atom is -0.496 e. The van der Waals surface area contributed by atoms with Gasteiger partial charge in [0.1, 0.15) is 5.75 Å². The van der Waals surface area contributed by atoms with Crippen molar-refractivity contribution in [3.63, 3.8) is 0 Å². The largest absolute Gasteiger partial charge is 0.496 e. The third kappa shape index (κ3) is 4.45. The third-order valence-corrected chi connectivity index (χ3v) is 3.83. The number of ether oxygens (including phenoxy) is 2. The molecular formula is C14H23BrN2O2. The standard InChI is InChI=1S/C14H23BrN2O2/c1-5-19-14(2,3)13(17-16)9-10-6-7-12(18-4)11(15)8-10/h6-8,13,17H,5,9,16H2,1-4H3. The summed E-state index contributed by atoms with van der Waals surface area (Å²) in [7, 11) is 1.65. The number of hydrazine groups is 1. The molecule has 0 radical (unpaired) electrons. The topological polar surface area (TPSA) is 56.5 Å². The summed E-state index contributed by atoms with van der Waals surface area (Å²) in [5, 5.41) is 0. The van der Waals surface area contributed by atoms with Gasteiger partial charge in [-0.25, -0.2) is 0 Å². The molecular weight excluding hydrogens is 308 g/mol. The molecule has 108 valence electrons. The average Bonchev–Trinajstić information content (AvgIpc) is 2.35. The van der Waals surface area contributed by atoms with E-state index in [0.29, 0.717) is 6.61 Å².